The summed E-state index contributed by atoms with van der Waals surface area (Å²) < 4.78 is 19.4. The number of carbonyl (C=O) groups excluding carboxylic acids is 3. The van der Waals surface area contributed by atoms with Crippen molar-refractivity contribution in [2.24, 2.45) is 5.92 Å². The van der Waals surface area contributed by atoms with Crippen molar-refractivity contribution in [2.45, 2.75) is 19.3 Å². The topological polar surface area (TPSA) is 110 Å². The Hall–Kier alpha value is -2.77. The molecule has 0 fully saturated rings. The zero-order valence-corrected chi connectivity index (χ0v) is 13.3. The van der Waals surface area contributed by atoms with E-state index in [0.29, 0.717) is 0 Å². The van der Waals surface area contributed by atoms with E-state index in [1.807, 2.05) is 5.32 Å². The average Bonchev–Trinajstić information content (AvgIpc) is 2.51. The van der Waals surface area contributed by atoms with Crippen LogP contribution in [0.2, 0.25) is 0 Å². The van der Waals surface area contributed by atoms with Crippen LogP contribution in [0.1, 0.15) is 29.8 Å². The normalized spacial score (nSPS) is 18.8. The Kier molecular flexibility index (Phi) is 4.42. The minimum Gasteiger partial charge on any atom is -0.494 e. The molecule has 0 radical (unpaired) electrons. The number of nitrogens with one attached hydrogen (secondary N) is 1. The summed E-state index contributed by atoms with van der Waals surface area (Å²) in [6.45, 7) is 2.08. The molecule has 2 rings (SSSR count). The second-order valence-corrected chi connectivity index (χ2v) is 5.90. The van der Waals surface area contributed by atoms with Crippen molar-refractivity contribution >= 4 is 23.4 Å². The first-order chi connectivity index (χ1) is 11.1. The number of hydrogen-bond donors (Lipinski definition) is 2. The number of ketones is 2. The lowest BCUT2D eigenvalue weighted by Crippen LogP contribution is -2.52. The third kappa shape index (κ3) is 2.64. The van der Waals surface area contributed by atoms with Gasteiger partial charge in [0.1, 0.15) is 6.54 Å². The van der Waals surface area contributed by atoms with Gasteiger partial charge in [-0.15, -0.1) is 0 Å². The van der Waals surface area contributed by atoms with E-state index in [4.69, 9.17) is 9.84 Å². The van der Waals surface area contributed by atoms with Crippen LogP contribution in [-0.2, 0) is 19.8 Å². The fourth-order valence-electron chi connectivity index (χ4n) is 2.79. The molecular weight excluding hydrogens is 321 g/mol. The maximum atomic E-state index is 14.6. The first-order valence-electron chi connectivity index (χ1n) is 7.08. The molecule has 1 aromatic carbocycles. The lowest BCUT2D eigenvalue weighted by atomic mass is 9.66. The van der Waals surface area contributed by atoms with Gasteiger partial charge in [-0.3, -0.25) is 19.2 Å². The minimum absolute atomic E-state index is 0.0895. The molecule has 0 aliphatic heterocycles. The van der Waals surface area contributed by atoms with E-state index in [1.54, 1.807) is 0 Å². The summed E-state index contributed by atoms with van der Waals surface area (Å²) in [6, 6.07) is 2.54. The van der Waals surface area contributed by atoms with Gasteiger partial charge in [-0.2, -0.15) is 0 Å². The summed E-state index contributed by atoms with van der Waals surface area (Å²) in [5, 5.41) is 10.6. The summed E-state index contributed by atoms with van der Waals surface area (Å²) in [4.78, 5) is 47.8. The Balaban J connectivity index is 2.54. The Morgan fingerprint density at radius 1 is 1.33 bits per heavy atom. The van der Waals surface area contributed by atoms with Crippen molar-refractivity contribution in [1.82, 2.24) is 5.32 Å². The Morgan fingerprint density at radius 2 is 1.96 bits per heavy atom. The van der Waals surface area contributed by atoms with Gasteiger partial charge in [-0.25, -0.2) is 4.39 Å². The number of benzene rings is 1. The molecule has 128 valence electrons. The van der Waals surface area contributed by atoms with Gasteiger partial charge < -0.3 is 15.2 Å². The highest BCUT2D eigenvalue weighted by atomic mass is 19.1. The van der Waals surface area contributed by atoms with Gasteiger partial charge in [0.15, 0.2) is 29.1 Å². The number of carboxylic acids is 1. The first-order valence-corrected chi connectivity index (χ1v) is 7.08. The summed E-state index contributed by atoms with van der Waals surface area (Å²) in [7, 11) is 1.26. The number of carbonyl (C=O) groups is 4. The lowest BCUT2D eigenvalue weighted by molar-refractivity contribution is -0.140. The van der Waals surface area contributed by atoms with E-state index in [1.165, 1.54) is 33.1 Å². The quantitative estimate of drug-likeness (QED) is 0.783. The van der Waals surface area contributed by atoms with E-state index >= 15 is 0 Å². The van der Waals surface area contributed by atoms with Crippen molar-refractivity contribution in [3.63, 3.8) is 0 Å². The van der Waals surface area contributed by atoms with E-state index in [0.717, 1.165) is 0 Å². The molecule has 0 saturated heterocycles. The summed E-state index contributed by atoms with van der Waals surface area (Å²) in [6.07, 6.45) is 0. The smallest absolute Gasteiger partial charge is 0.322 e. The predicted octanol–water partition coefficient (Wildman–Crippen LogP) is 0.694. The van der Waals surface area contributed by atoms with Crippen LogP contribution in [0.15, 0.2) is 12.1 Å². The third-order valence-electron chi connectivity index (χ3n) is 4.03. The highest BCUT2D eigenvalue weighted by Crippen LogP contribution is 2.41. The Morgan fingerprint density at radius 3 is 2.50 bits per heavy atom. The van der Waals surface area contributed by atoms with Crippen LogP contribution in [0.5, 0.6) is 5.75 Å². The fraction of sp³-hybridized carbons (Fsp3) is 0.375. The second kappa shape index (κ2) is 6.03. The first kappa shape index (κ1) is 17.6. The molecular formula is C16H16FNO6. The summed E-state index contributed by atoms with van der Waals surface area (Å²) >= 11 is 0. The lowest BCUT2D eigenvalue weighted by Gasteiger charge is -2.34. The van der Waals surface area contributed by atoms with Crippen molar-refractivity contribution in [2.75, 3.05) is 13.7 Å². The monoisotopic (exact) mass is 337 g/mol. The number of Topliss-reactive ketones (excluding diaryl/α,β-unsaturated/α-hetero) is 2. The van der Waals surface area contributed by atoms with Crippen LogP contribution in [0, 0.1) is 11.7 Å². The molecule has 0 saturated carbocycles. The molecule has 2 N–H and O–H groups in total. The van der Waals surface area contributed by atoms with Gasteiger partial charge in [0.25, 0.3) is 0 Å². The number of ether oxygens (including phenoxy) is 1. The van der Waals surface area contributed by atoms with Crippen LogP contribution in [-0.4, -0.2) is 42.2 Å². The molecule has 0 heterocycles. The van der Waals surface area contributed by atoms with Gasteiger partial charge in [-0.05, 0) is 26.0 Å². The van der Waals surface area contributed by atoms with Crippen LogP contribution in [0.4, 0.5) is 4.39 Å². The van der Waals surface area contributed by atoms with Crippen molar-refractivity contribution in [3.8, 4) is 5.75 Å². The third-order valence-corrected chi connectivity index (χ3v) is 4.03. The maximum Gasteiger partial charge on any atom is 0.322 e. The second-order valence-electron chi connectivity index (χ2n) is 5.90. The molecule has 1 aliphatic carbocycles. The minimum atomic E-state index is -1.71. The van der Waals surface area contributed by atoms with Crippen LogP contribution < -0.4 is 10.1 Å². The SMILES string of the molecule is COc1ccc2c(c1F)C(C)(C)C(=O)C(C(=O)NCC(=O)O)C2=O. The average molecular weight is 337 g/mol. The number of amides is 1. The van der Waals surface area contributed by atoms with Crippen molar-refractivity contribution in [1.29, 1.82) is 0 Å². The standard InChI is InChI=1S/C16H16FNO6/c1-16(2)11-7(4-5-8(24-3)12(11)17)13(21)10(14(16)22)15(23)18-6-9(19)20/h4-5,10H,6H2,1-3H3,(H,18,23)(H,19,20). The molecule has 1 unspecified atom stereocenters. The number of methoxy groups -OCH3 is 1. The fourth-order valence-corrected chi connectivity index (χ4v) is 2.79. The number of hydrogen-bond acceptors (Lipinski definition) is 5. The van der Waals surface area contributed by atoms with Gasteiger partial charge in [0.2, 0.25) is 5.91 Å². The Labute approximate surface area is 136 Å². The van der Waals surface area contributed by atoms with Crippen molar-refractivity contribution < 1.29 is 33.4 Å². The molecule has 7 nitrogen and oxygen atoms in total. The highest BCUT2D eigenvalue weighted by molar-refractivity contribution is 6.29. The van der Waals surface area contributed by atoms with Gasteiger partial charge in [0, 0.05) is 11.1 Å². The van der Waals surface area contributed by atoms with Gasteiger partial charge in [-0.1, -0.05) is 0 Å². The number of halogens is 1. The highest BCUT2D eigenvalue weighted by Gasteiger charge is 2.51. The molecule has 0 spiro atoms. The molecule has 1 aromatic rings. The molecule has 1 amide bonds. The van der Waals surface area contributed by atoms with Crippen LogP contribution in [0.25, 0.3) is 0 Å². The number of rotatable bonds is 4. The van der Waals surface area contributed by atoms with Crippen LogP contribution in [0.3, 0.4) is 0 Å². The molecule has 0 aromatic heterocycles. The number of aliphatic carboxylic acids is 1. The Bertz CT molecular complexity index is 755. The van der Waals surface area contributed by atoms with E-state index in [-0.39, 0.29) is 16.9 Å². The number of fused-ring (bicyclic) bond motifs is 1. The maximum absolute atomic E-state index is 14.6. The summed E-state index contributed by atoms with van der Waals surface area (Å²) in [5.41, 5.74) is -1.67. The molecule has 24 heavy (non-hydrogen) atoms. The largest absolute Gasteiger partial charge is 0.494 e. The zero-order valence-electron chi connectivity index (χ0n) is 13.3. The molecule has 1 atom stereocenters. The van der Waals surface area contributed by atoms with E-state index in [2.05, 4.69) is 0 Å². The van der Waals surface area contributed by atoms with E-state index in [9.17, 15) is 23.6 Å². The summed E-state index contributed by atoms with van der Waals surface area (Å²) in [5.74, 6) is -6.63. The zero-order chi connectivity index (χ0) is 18.2. The van der Waals surface area contributed by atoms with Crippen LogP contribution >= 0.6 is 0 Å². The van der Waals surface area contributed by atoms with Gasteiger partial charge >= 0.3 is 5.97 Å². The number of carboxylic acid groups (broad SMARTS) is 1. The molecule has 0 bridgehead atoms. The van der Waals surface area contributed by atoms with Gasteiger partial charge in [0.05, 0.1) is 12.5 Å². The van der Waals surface area contributed by atoms with Crippen molar-refractivity contribution in [3.05, 3.63) is 29.1 Å². The predicted molar refractivity (Wildman–Crippen MR) is 79.5 cm³/mol. The molecule has 1 aliphatic rings. The molecule has 8 heteroatoms. The van der Waals surface area contributed by atoms with E-state index < -0.39 is 47.1 Å².